The van der Waals surface area contributed by atoms with Crippen molar-refractivity contribution in [2.45, 2.75) is 49.6 Å². The summed E-state index contributed by atoms with van der Waals surface area (Å²) in [4.78, 5) is 10.6. The average Bonchev–Trinajstić information content (AvgIpc) is 2.35. The SMILES string of the molecule is C=C(O[C@@](C)(F)C(F)(F)C(F)(F)C(F)(F)C(F)(F)C(F)(F)F)C(C)=O. The number of alkyl halides is 12. The van der Waals surface area contributed by atoms with Crippen molar-refractivity contribution in [2.24, 2.45) is 0 Å². The van der Waals surface area contributed by atoms with Gasteiger partial charge >= 0.3 is 35.7 Å². The van der Waals surface area contributed by atoms with E-state index in [1.54, 1.807) is 0 Å². The van der Waals surface area contributed by atoms with Crippen molar-refractivity contribution in [1.82, 2.24) is 0 Å². The molecule has 14 heteroatoms. The second-order valence-electron chi connectivity index (χ2n) is 4.79. The molecular formula is C11H8F12O2. The number of ether oxygens (including phenoxy) is 1. The Morgan fingerprint density at radius 3 is 1.32 bits per heavy atom. The van der Waals surface area contributed by atoms with Crippen LogP contribution in [0.25, 0.3) is 0 Å². The lowest BCUT2D eigenvalue weighted by Gasteiger charge is -2.41. The quantitative estimate of drug-likeness (QED) is 0.346. The fourth-order valence-corrected chi connectivity index (χ4v) is 1.22. The van der Waals surface area contributed by atoms with Gasteiger partial charge in [0.15, 0.2) is 11.5 Å². The first kappa shape index (κ1) is 23.4. The van der Waals surface area contributed by atoms with Crippen LogP contribution in [0.15, 0.2) is 12.3 Å². The van der Waals surface area contributed by atoms with Gasteiger partial charge in [-0.1, -0.05) is 6.58 Å². The average molecular weight is 400 g/mol. The number of halogens is 12. The number of hydrogen-bond donors (Lipinski definition) is 0. The summed E-state index contributed by atoms with van der Waals surface area (Å²) in [5.41, 5.74) is 0. The van der Waals surface area contributed by atoms with Gasteiger partial charge in [0.2, 0.25) is 0 Å². The molecule has 0 bridgehead atoms. The molecule has 0 N–H and O–H groups in total. The van der Waals surface area contributed by atoms with Crippen molar-refractivity contribution >= 4 is 5.78 Å². The zero-order chi connectivity index (χ0) is 20.9. The van der Waals surface area contributed by atoms with Crippen LogP contribution in [-0.2, 0) is 9.53 Å². The van der Waals surface area contributed by atoms with Crippen molar-refractivity contribution in [2.75, 3.05) is 0 Å². The van der Waals surface area contributed by atoms with E-state index in [9.17, 15) is 57.5 Å². The maximum absolute atomic E-state index is 13.7. The Morgan fingerprint density at radius 2 is 1.04 bits per heavy atom. The summed E-state index contributed by atoms with van der Waals surface area (Å²) >= 11 is 0. The monoisotopic (exact) mass is 400 g/mol. The normalized spacial score (nSPS) is 17.0. The molecule has 0 aromatic carbocycles. The van der Waals surface area contributed by atoms with E-state index in [2.05, 4.69) is 11.3 Å². The van der Waals surface area contributed by atoms with Gasteiger partial charge in [-0.2, -0.15) is 52.7 Å². The van der Waals surface area contributed by atoms with Crippen LogP contribution in [0.5, 0.6) is 0 Å². The molecule has 0 saturated carbocycles. The van der Waals surface area contributed by atoms with Gasteiger partial charge in [0.05, 0.1) is 0 Å². The maximum Gasteiger partial charge on any atom is 0.460 e. The highest BCUT2D eigenvalue weighted by atomic mass is 19.4. The van der Waals surface area contributed by atoms with Crippen molar-refractivity contribution < 1.29 is 62.2 Å². The first-order valence-electron chi connectivity index (χ1n) is 5.73. The van der Waals surface area contributed by atoms with Crippen LogP contribution >= 0.6 is 0 Å². The van der Waals surface area contributed by atoms with Crippen molar-refractivity contribution in [3.05, 3.63) is 12.3 Å². The van der Waals surface area contributed by atoms with Crippen molar-refractivity contribution in [3.8, 4) is 0 Å². The van der Waals surface area contributed by atoms with Crippen LogP contribution in [0.2, 0.25) is 0 Å². The summed E-state index contributed by atoms with van der Waals surface area (Å²) in [6, 6.07) is 0. The van der Waals surface area contributed by atoms with Crippen LogP contribution < -0.4 is 0 Å². The summed E-state index contributed by atoms with van der Waals surface area (Å²) in [6.45, 7) is 2.28. The van der Waals surface area contributed by atoms with Gasteiger partial charge in [0.25, 0.3) is 0 Å². The predicted molar refractivity (Wildman–Crippen MR) is 56.3 cm³/mol. The van der Waals surface area contributed by atoms with Gasteiger partial charge < -0.3 is 4.74 Å². The number of carbonyl (C=O) groups excluding carboxylic acids is 1. The minimum Gasteiger partial charge on any atom is -0.449 e. The third kappa shape index (κ3) is 3.38. The minimum absolute atomic E-state index is 0.487. The molecule has 2 nitrogen and oxygen atoms in total. The topological polar surface area (TPSA) is 26.3 Å². The van der Waals surface area contributed by atoms with Crippen LogP contribution in [-0.4, -0.2) is 41.5 Å². The van der Waals surface area contributed by atoms with Gasteiger partial charge in [0.1, 0.15) is 0 Å². The third-order valence-electron chi connectivity index (χ3n) is 2.81. The third-order valence-corrected chi connectivity index (χ3v) is 2.81. The fraction of sp³-hybridized carbons (Fsp3) is 0.727. The highest BCUT2D eigenvalue weighted by molar-refractivity contribution is 5.90. The van der Waals surface area contributed by atoms with E-state index in [1.165, 1.54) is 0 Å². The lowest BCUT2D eigenvalue weighted by Crippen LogP contribution is -2.70. The molecule has 0 aliphatic rings. The smallest absolute Gasteiger partial charge is 0.449 e. The Labute approximate surface area is 131 Å². The second kappa shape index (κ2) is 5.97. The number of carbonyl (C=O) groups is 1. The van der Waals surface area contributed by atoms with E-state index in [4.69, 9.17) is 0 Å². The molecule has 0 fully saturated rings. The lowest BCUT2D eigenvalue weighted by atomic mass is 9.94. The van der Waals surface area contributed by atoms with Gasteiger partial charge in [-0.3, -0.25) is 4.79 Å². The van der Waals surface area contributed by atoms with E-state index < -0.39 is 54.2 Å². The molecule has 0 amide bonds. The summed E-state index contributed by atoms with van der Waals surface area (Å²) in [5, 5.41) is 0. The van der Waals surface area contributed by atoms with E-state index in [0.717, 1.165) is 0 Å². The molecule has 0 spiro atoms. The first-order chi connectivity index (χ1) is 10.6. The van der Waals surface area contributed by atoms with Gasteiger partial charge in [-0.15, -0.1) is 0 Å². The fourth-order valence-electron chi connectivity index (χ4n) is 1.22. The number of hydrogen-bond acceptors (Lipinski definition) is 2. The molecule has 0 unspecified atom stereocenters. The number of Topliss-reactive ketones (excluding diaryl/α,β-unsaturated/α-hetero) is 1. The van der Waals surface area contributed by atoms with Gasteiger partial charge in [-0.05, 0) is 0 Å². The van der Waals surface area contributed by atoms with Crippen LogP contribution in [0.4, 0.5) is 52.7 Å². The molecule has 0 saturated heterocycles. The number of rotatable bonds is 7. The second-order valence-corrected chi connectivity index (χ2v) is 4.79. The summed E-state index contributed by atoms with van der Waals surface area (Å²) in [7, 11) is 0. The standard InChI is InChI=1S/C11H8F12O2/c1-4(24)5(2)25-6(3,12)7(13,14)8(15,16)9(17,18)10(19,20)11(21,22)23/h2H2,1,3H3/t6-/m1/s1. The molecule has 0 aromatic rings. The van der Waals surface area contributed by atoms with Crippen LogP contribution in [0.1, 0.15) is 13.8 Å². The Morgan fingerprint density at radius 1 is 0.720 bits per heavy atom. The van der Waals surface area contributed by atoms with Crippen LogP contribution in [0.3, 0.4) is 0 Å². The van der Waals surface area contributed by atoms with E-state index >= 15 is 0 Å². The number of allylic oxidation sites excluding steroid dienone is 1. The Kier molecular flexibility index (Phi) is 5.58. The highest BCUT2D eigenvalue weighted by Crippen LogP contribution is 2.60. The van der Waals surface area contributed by atoms with E-state index in [-0.39, 0.29) is 0 Å². The molecule has 0 aliphatic heterocycles. The summed E-state index contributed by atoms with van der Waals surface area (Å²) in [6.07, 6.45) is -7.37. The van der Waals surface area contributed by atoms with Crippen molar-refractivity contribution in [1.29, 1.82) is 0 Å². The summed E-state index contributed by atoms with van der Waals surface area (Å²) in [5.74, 6) is -38.3. The van der Waals surface area contributed by atoms with E-state index in [1.807, 2.05) is 0 Å². The molecular weight excluding hydrogens is 392 g/mol. The number of ketones is 1. The van der Waals surface area contributed by atoms with Crippen LogP contribution in [0, 0.1) is 0 Å². The van der Waals surface area contributed by atoms with Gasteiger partial charge in [0, 0.05) is 13.8 Å². The predicted octanol–water partition coefficient (Wildman–Crippen LogP) is 4.89. The molecule has 25 heavy (non-hydrogen) atoms. The summed E-state index contributed by atoms with van der Waals surface area (Å²) < 4.78 is 157. The zero-order valence-corrected chi connectivity index (χ0v) is 12.1. The molecule has 0 radical (unpaired) electrons. The van der Waals surface area contributed by atoms with Gasteiger partial charge in [-0.25, -0.2) is 0 Å². The first-order valence-corrected chi connectivity index (χ1v) is 5.73. The Balaban J connectivity index is 6.20. The highest BCUT2D eigenvalue weighted by Gasteiger charge is 2.90. The maximum atomic E-state index is 13.7. The molecule has 0 rings (SSSR count). The molecule has 1 atom stereocenters. The molecule has 0 aromatic heterocycles. The Hall–Kier alpha value is -1.63. The molecule has 0 aliphatic carbocycles. The lowest BCUT2D eigenvalue weighted by molar-refractivity contribution is -0.444. The minimum atomic E-state index is -7.78. The zero-order valence-electron chi connectivity index (χ0n) is 12.1. The molecule has 148 valence electrons. The largest absolute Gasteiger partial charge is 0.460 e. The Bertz CT molecular complexity index is 546. The van der Waals surface area contributed by atoms with E-state index in [0.29, 0.717) is 6.92 Å². The molecule has 0 heterocycles. The van der Waals surface area contributed by atoms with Crippen molar-refractivity contribution in [3.63, 3.8) is 0 Å².